The minimum Gasteiger partial charge on any atom is -0.338 e. The highest BCUT2D eigenvalue weighted by molar-refractivity contribution is 5.74. The van der Waals surface area contributed by atoms with Crippen LogP contribution in [0.3, 0.4) is 0 Å². The van der Waals surface area contributed by atoms with Crippen molar-refractivity contribution in [2.45, 2.75) is 19.4 Å². The van der Waals surface area contributed by atoms with Crippen molar-refractivity contribution in [3.05, 3.63) is 83.5 Å². The van der Waals surface area contributed by atoms with Crippen molar-refractivity contribution in [1.82, 2.24) is 20.8 Å². The van der Waals surface area contributed by atoms with Crippen LogP contribution in [0.2, 0.25) is 0 Å². The topological polar surface area (TPSA) is 80.0 Å². The van der Waals surface area contributed by atoms with Gasteiger partial charge in [0.15, 0.2) is 5.82 Å². The molecule has 2 N–H and O–H groups in total. The van der Waals surface area contributed by atoms with Crippen LogP contribution in [-0.2, 0) is 6.42 Å². The molecule has 0 saturated heterocycles. The summed E-state index contributed by atoms with van der Waals surface area (Å²) in [7, 11) is 0. The van der Waals surface area contributed by atoms with Crippen molar-refractivity contribution in [1.29, 1.82) is 0 Å². The second-order valence-electron chi connectivity index (χ2n) is 5.66. The average Bonchev–Trinajstić information content (AvgIpc) is 3.07. The molecule has 0 aliphatic heterocycles. The van der Waals surface area contributed by atoms with Gasteiger partial charge in [-0.15, -0.1) is 0 Å². The lowest BCUT2D eigenvalue weighted by molar-refractivity contribution is 0.235. The Hall–Kier alpha value is -3.15. The summed E-state index contributed by atoms with van der Waals surface area (Å²) in [5.74, 6) is 0.893. The molecule has 3 rings (SSSR count). The van der Waals surface area contributed by atoms with Gasteiger partial charge in [-0.2, -0.15) is 4.98 Å². The zero-order valence-electron chi connectivity index (χ0n) is 14.0. The van der Waals surface area contributed by atoms with Crippen molar-refractivity contribution in [3.63, 3.8) is 0 Å². The Morgan fingerprint density at radius 1 is 1.08 bits per heavy atom. The zero-order valence-corrected chi connectivity index (χ0v) is 14.0. The maximum Gasteiger partial charge on any atom is 0.315 e. The molecular formula is C19H20N4O2. The Labute approximate surface area is 146 Å². The largest absolute Gasteiger partial charge is 0.338 e. The molecule has 2 amide bonds. The number of nitrogens with one attached hydrogen (secondary N) is 2. The van der Waals surface area contributed by atoms with Gasteiger partial charge in [0.05, 0.1) is 0 Å². The molecule has 2 aromatic carbocycles. The summed E-state index contributed by atoms with van der Waals surface area (Å²) in [5.41, 5.74) is 2.05. The van der Waals surface area contributed by atoms with Gasteiger partial charge in [-0.3, -0.25) is 0 Å². The molecular weight excluding hydrogens is 316 g/mol. The number of carbonyl (C=O) groups is 1. The standard InChI is InChI=1S/C19H20N4O2/c1-14-21-18(25-23-14)17(16-10-6-3-7-11-16)22-19(24)20-13-12-15-8-4-2-5-9-15/h2-11,17H,12-13H2,1H3,(H2,20,22,24). The van der Waals surface area contributed by atoms with E-state index in [-0.39, 0.29) is 6.03 Å². The molecule has 0 saturated carbocycles. The van der Waals surface area contributed by atoms with Crippen molar-refractivity contribution >= 4 is 6.03 Å². The smallest absolute Gasteiger partial charge is 0.315 e. The van der Waals surface area contributed by atoms with Crippen LogP contribution < -0.4 is 10.6 Å². The second kappa shape index (κ2) is 8.10. The maximum absolute atomic E-state index is 12.3. The fourth-order valence-corrected chi connectivity index (χ4v) is 2.51. The first-order valence-corrected chi connectivity index (χ1v) is 8.16. The maximum atomic E-state index is 12.3. The van der Waals surface area contributed by atoms with Gasteiger partial charge in [-0.25, -0.2) is 4.79 Å². The Kier molecular flexibility index (Phi) is 5.41. The Balaban J connectivity index is 1.63. The minimum atomic E-state index is -0.487. The average molecular weight is 336 g/mol. The molecule has 1 unspecified atom stereocenters. The Bertz CT molecular complexity index is 803. The van der Waals surface area contributed by atoms with E-state index >= 15 is 0 Å². The molecule has 0 bridgehead atoms. The third-order valence-electron chi connectivity index (χ3n) is 3.74. The number of rotatable bonds is 6. The summed E-state index contributed by atoms with van der Waals surface area (Å²) in [6.07, 6.45) is 0.768. The number of aryl methyl sites for hydroxylation is 1. The van der Waals surface area contributed by atoms with Crippen LogP contribution >= 0.6 is 0 Å². The first-order chi connectivity index (χ1) is 12.2. The lowest BCUT2D eigenvalue weighted by atomic mass is 10.1. The van der Waals surface area contributed by atoms with E-state index in [1.807, 2.05) is 60.7 Å². The monoisotopic (exact) mass is 336 g/mol. The normalized spacial score (nSPS) is 11.7. The van der Waals surface area contributed by atoms with Crippen LogP contribution in [-0.4, -0.2) is 22.7 Å². The molecule has 6 heteroatoms. The molecule has 0 aliphatic rings. The van der Waals surface area contributed by atoms with E-state index in [0.29, 0.717) is 18.3 Å². The molecule has 0 spiro atoms. The fraction of sp³-hybridized carbons (Fsp3) is 0.211. The van der Waals surface area contributed by atoms with Gasteiger partial charge < -0.3 is 15.2 Å². The molecule has 3 aromatic rings. The van der Waals surface area contributed by atoms with E-state index < -0.39 is 6.04 Å². The van der Waals surface area contributed by atoms with Crippen LogP contribution in [0.15, 0.2) is 65.2 Å². The summed E-state index contributed by atoms with van der Waals surface area (Å²) in [5, 5.41) is 9.59. The predicted octanol–water partition coefficient (Wildman–Crippen LogP) is 3.01. The van der Waals surface area contributed by atoms with Gasteiger partial charge in [0.1, 0.15) is 6.04 Å². The Morgan fingerprint density at radius 2 is 1.76 bits per heavy atom. The third kappa shape index (κ3) is 4.67. The number of aromatic nitrogens is 2. The third-order valence-corrected chi connectivity index (χ3v) is 3.74. The quantitative estimate of drug-likeness (QED) is 0.725. The van der Waals surface area contributed by atoms with E-state index in [0.717, 1.165) is 12.0 Å². The first-order valence-electron chi connectivity index (χ1n) is 8.16. The van der Waals surface area contributed by atoms with Gasteiger partial charge in [0, 0.05) is 6.54 Å². The van der Waals surface area contributed by atoms with Gasteiger partial charge in [0.25, 0.3) is 5.89 Å². The number of hydrogen-bond acceptors (Lipinski definition) is 4. The number of carbonyl (C=O) groups excluding carboxylic acids is 1. The number of nitrogens with zero attached hydrogens (tertiary/aromatic N) is 2. The molecule has 128 valence electrons. The van der Waals surface area contributed by atoms with Crippen LogP contribution in [0.1, 0.15) is 28.9 Å². The first kappa shape index (κ1) is 16.7. The summed E-state index contributed by atoms with van der Waals surface area (Å²) < 4.78 is 5.25. The van der Waals surface area contributed by atoms with Crippen LogP contribution in [0, 0.1) is 6.92 Å². The molecule has 0 radical (unpaired) electrons. The number of hydrogen-bond donors (Lipinski definition) is 2. The molecule has 0 fully saturated rings. The SMILES string of the molecule is Cc1noc(C(NC(=O)NCCc2ccccc2)c2ccccc2)n1. The van der Waals surface area contributed by atoms with E-state index in [1.165, 1.54) is 5.56 Å². The van der Waals surface area contributed by atoms with Crippen LogP contribution in [0.5, 0.6) is 0 Å². The van der Waals surface area contributed by atoms with E-state index in [1.54, 1.807) is 6.92 Å². The predicted molar refractivity (Wildman–Crippen MR) is 94.0 cm³/mol. The van der Waals surface area contributed by atoms with Gasteiger partial charge >= 0.3 is 6.03 Å². The number of amides is 2. The highest BCUT2D eigenvalue weighted by Gasteiger charge is 2.22. The van der Waals surface area contributed by atoms with E-state index in [9.17, 15) is 4.79 Å². The molecule has 25 heavy (non-hydrogen) atoms. The molecule has 1 atom stereocenters. The van der Waals surface area contributed by atoms with Crippen molar-refractivity contribution < 1.29 is 9.32 Å². The summed E-state index contributed by atoms with van der Waals surface area (Å²) in [6, 6.07) is 18.8. The lowest BCUT2D eigenvalue weighted by Crippen LogP contribution is -2.39. The van der Waals surface area contributed by atoms with Crippen LogP contribution in [0.4, 0.5) is 4.79 Å². The lowest BCUT2D eigenvalue weighted by Gasteiger charge is -2.16. The summed E-state index contributed by atoms with van der Waals surface area (Å²) in [4.78, 5) is 16.5. The summed E-state index contributed by atoms with van der Waals surface area (Å²) in [6.45, 7) is 2.29. The second-order valence-corrected chi connectivity index (χ2v) is 5.66. The summed E-state index contributed by atoms with van der Waals surface area (Å²) >= 11 is 0. The zero-order chi connectivity index (χ0) is 17.5. The van der Waals surface area contributed by atoms with Crippen LogP contribution in [0.25, 0.3) is 0 Å². The minimum absolute atomic E-state index is 0.277. The van der Waals surface area contributed by atoms with E-state index in [2.05, 4.69) is 20.8 Å². The molecule has 6 nitrogen and oxygen atoms in total. The van der Waals surface area contributed by atoms with Crippen molar-refractivity contribution in [3.8, 4) is 0 Å². The molecule has 0 aliphatic carbocycles. The van der Waals surface area contributed by atoms with Gasteiger partial charge in [-0.05, 0) is 24.5 Å². The Morgan fingerprint density at radius 3 is 2.40 bits per heavy atom. The van der Waals surface area contributed by atoms with Crippen molar-refractivity contribution in [2.75, 3.05) is 6.54 Å². The highest BCUT2D eigenvalue weighted by atomic mass is 16.5. The highest BCUT2D eigenvalue weighted by Crippen LogP contribution is 2.20. The van der Waals surface area contributed by atoms with Gasteiger partial charge in [-0.1, -0.05) is 65.8 Å². The fourth-order valence-electron chi connectivity index (χ4n) is 2.51. The molecule has 1 aromatic heterocycles. The van der Waals surface area contributed by atoms with Gasteiger partial charge in [0.2, 0.25) is 0 Å². The number of urea groups is 1. The number of benzene rings is 2. The molecule has 1 heterocycles. The van der Waals surface area contributed by atoms with E-state index in [4.69, 9.17) is 4.52 Å². The van der Waals surface area contributed by atoms with Crippen molar-refractivity contribution in [2.24, 2.45) is 0 Å².